The Kier molecular flexibility index (Phi) is 5.41. The van der Waals surface area contributed by atoms with Crippen LogP contribution in [-0.4, -0.2) is 25.8 Å². The zero-order chi connectivity index (χ0) is 19.7. The molecule has 3 rings (SSSR count). The molecule has 142 valence electrons. The molecule has 0 bridgehead atoms. The largest absolute Gasteiger partial charge is 0.243 e. The van der Waals surface area contributed by atoms with E-state index < -0.39 is 10.0 Å². The fourth-order valence-corrected chi connectivity index (χ4v) is 5.10. The van der Waals surface area contributed by atoms with Crippen LogP contribution in [-0.2, 0) is 10.0 Å². The van der Waals surface area contributed by atoms with E-state index in [2.05, 4.69) is 25.7 Å². The Bertz CT molecular complexity index is 946. The topological polar surface area (TPSA) is 37.4 Å². The van der Waals surface area contributed by atoms with Crippen molar-refractivity contribution in [2.45, 2.75) is 25.7 Å². The second-order valence-electron chi connectivity index (χ2n) is 7.68. The zero-order valence-corrected chi connectivity index (χ0v) is 17.0. The summed E-state index contributed by atoms with van der Waals surface area (Å²) in [6.45, 7) is 11.1. The third-order valence-corrected chi connectivity index (χ3v) is 7.50. The minimum Gasteiger partial charge on any atom is -0.207 e. The highest BCUT2D eigenvalue weighted by Gasteiger charge is 2.46. The van der Waals surface area contributed by atoms with Crippen LogP contribution in [0.3, 0.4) is 0 Å². The predicted molar refractivity (Wildman–Crippen MR) is 112 cm³/mol. The van der Waals surface area contributed by atoms with Gasteiger partial charge < -0.3 is 0 Å². The van der Waals surface area contributed by atoms with Crippen LogP contribution in [0.5, 0.6) is 0 Å². The van der Waals surface area contributed by atoms with Crippen molar-refractivity contribution in [3.05, 3.63) is 84.0 Å². The molecular weight excluding hydrogens is 354 g/mol. The fourth-order valence-electron chi connectivity index (χ4n) is 3.53. The van der Waals surface area contributed by atoms with Crippen molar-refractivity contribution in [3.63, 3.8) is 0 Å². The number of hydrogen-bond donors (Lipinski definition) is 0. The van der Waals surface area contributed by atoms with Gasteiger partial charge in [0.05, 0.1) is 4.90 Å². The van der Waals surface area contributed by atoms with Crippen molar-refractivity contribution in [1.82, 2.24) is 4.31 Å². The first-order valence-corrected chi connectivity index (χ1v) is 10.6. The van der Waals surface area contributed by atoms with Crippen LogP contribution in [0.25, 0.3) is 6.08 Å². The molecule has 27 heavy (non-hydrogen) atoms. The van der Waals surface area contributed by atoms with Crippen LogP contribution in [0.2, 0.25) is 0 Å². The van der Waals surface area contributed by atoms with Gasteiger partial charge in [-0.2, -0.15) is 4.31 Å². The Balaban J connectivity index is 1.90. The van der Waals surface area contributed by atoms with Gasteiger partial charge >= 0.3 is 0 Å². The highest BCUT2D eigenvalue weighted by molar-refractivity contribution is 7.89. The van der Waals surface area contributed by atoms with E-state index in [1.54, 1.807) is 16.4 Å². The van der Waals surface area contributed by atoms with Crippen molar-refractivity contribution in [2.75, 3.05) is 13.1 Å². The number of aryl methyl sites for hydroxylation is 1. The van der Waals surface area contributed by atoms with E-state index in [1.165, 1.54) is 0 Å². The second-order valence-corrected chi connectivity index (χ2v) is 9.62. The Labute approximate surface area is 163 Å². The lowest BCUT2D eigenvalue weighted by molar-refractivity contribution is 0.360. The van der Waals surface area contributed by atoms with Crippen molar-refractivity contribution >= 4 is 16.1 Å². The number of hydrogen-bond acceptors (Lipinski definition) is 2. The first-order valence-electron chi connectivity index (χ1n) is 9.19. The molecule has 0 spiro atoms. The molecule has 0 aliphatic carbocycles. The molecular formula is C23H27NO2S. The standard InChI is InChI=1S/C23H27NO2S/c1-18(2)23(4)17-24(27(25,26)22-14-10-19(3)11-15-22)16-21(23)13-12-20-8-6-5-7-9-20/h5-15,21H,1,16-17H2,2-4H3/b13-12+/t21-,23-/m0/s1. The van der Waals surface area contributed by atoms with Crippen LogP contribution in [0.1, 0.15) is 25.0 Å². The second kappa shape index (κ2) is 7.45. The number of rotatable bonds is 5. The molecule has 0 unspecified atom stereocenters. The molecule has 0 amide bonds. The summed E-state index contributed by atoms with van der Waals surface area (Å²) in [6, 6.07) is 17.1. The van der Waals surface area contributed by atoms with E-state index in [-0.39, 0.29) is 11.3 Å². The maximum atomic E-state index is 13.1. The van der Waals surface area contributed by atoms with E-state index in [9.17, 15) is 8.42 Å². The Hall–Kier alpha value is -2.17. The average molecular weight is 382 g/mol. The molecule has 1 aliphatic rings. The lowest BCUT2D eigenvalue weighted by atomic mass is 9.74. The lowest BCUT2D eigenvalue weighted by Crippen LogP contribution is -2.31. The molecule has 2 atom stereocenters. The van der Waals surface area contributed by atoms with Gasteiger partial charge in [0.25, 0.3) is 0 Å². The summed E-state index contributed by atoms with van der Waals surface area (Å²) < 4.78 is 27.9. The summed E-state index contributed by atoms with van der Waals surface area (Å²) in [5, 5.41) is 0. The first-order chi connectivity index (χ1) is 12.7. The highest BCUT2D eigenvalue weighted by Crippen LogP contribution is 2.44. The Morgan fingerprint density at radius 1 is 1.15 bits per heavy atom. The minimum atomic E-state index is -3.52. The summed E-state index contributed by atoms with van der Waals surface area (Å²) in [7, 11) is -3.52. The van der Waals surface area contributed by atoms with Gasteiger partial charge in [-0.1, -0.05) is 79.3 Å². The van der Waals surface area contributed by atoms with E-state index in [0.717, 1.165) is 16.7 Å². The van der Waals surface area contributed by atoms with Gasteiger partial charge in [-0.05, 0) is 31.5 Å². The molecule has 2 aromatic rings. The van der Waals surface area contributed by atoms with Gasteiger partial charge in [-0.15, -0.1) is 0 Å². The molecule has 1 saturated heterocycles. The lowest BCUT2D eigenvalue weighted by Gasteiger charge is -2.29. The molecule has 2 aromatic carbocycles. The SMILES string of the molecule is C=C(C)[C@]1(C)CN(S(=O)(=O)c2ccc(C)cc2)C[C@@H]1/C=C/c1ccccc1. The maximum Gasteiger partial charge on any atom is 0.243 e. The Morgan fingerprint density at radius 3 is 2.37 bits per heavy atom. The summed E-state index contributed by atoms with van der Waals surface area (Å²) in [4.78, 5) is 0.352. The summed E-state index contributed by atoms with van der Waals surface area (Å²) >= 11 is 0. The molecule has 1 fully saturated rings. The Morgan fingerprint density at radius 2 is 1.78 bits per heavy atom. The van der Waals surface area contributed by atoms with E-state index in [0.29, 0.717) is 18.0 Å². The zero-order valence-electron chi connectivity index (χ0n) is 16.2. The smallest absolute Gasteiger partial charge is 0.207 e. The van der Waals surface area contributed by atoms with E-state index in [1.807, 2.05) is 56.3 Å². The quantitative estimate of drug-likeness (QED) is 0.690. The minimum absolute atomic E-state index is 0.0791. The normalized spacial score (nSPS) is 23.7. The molecule has 3 nitrogen and oxygen atoms in total. The number of sulfonamides is 1. The van der Waals surface area contributed by atoms with Crippen molar-refractivity contribution in [2.24, 2.45) is 11.3 Å². The van der Waals surface area contributed by atoms with Gasteiger partial charge in [0, 0.05) is 24.4 Å². The highest BCUT2D eigenvalue weighted by atomic mass is 32.2. The van der Waals surface area contributed by atoms with Crippen LogP contribution >= 0.6 is 0 Å². The van der Waals surface area contributed by atoms with Crippen LogP contribution < -0.4 is 0 Å². The molecule has 0 N–H and O–H groups in total. The fraction of sp³-hybridized carbons (Fsp3) is 0.304. The molecule has 0 aromatic heterocycles. The van der Waals surface area contributed by atoms with Crippen molar-refractivity contribution < 1.29 is 8.42 Å². The summed E-state index contributed by atoms with van der Waals surface area (Å²) in [5.74, 6) is 0.0791. The molecule has 0 saturated carbocycles. The van der Waals surface area contributed by atoms with Gasteiger partial charge in [0.15, 0.2) is 0 Å². The average Bonchev–Trinajstić information content (AvgIpc) is 3.00. The van der Waals surface area contributed by atoms with Crippen LogP contribution in [0, 0.1) is 18.3 Å². The summed E-state index contributed by atoms with van der Waals surface area (Å²) in [6.07, 6.45) is 4.21. The monoisotopic (exact) mass is 381 g/mol. The van der Waals surface area contributed by atoms with Crippen molar-refractivity contribution in [1.29, 1.82) is 0 Å². The first kappa shape index (κ1) is 19.6. The van der Waals surface area contributed by atoms with Gasteiger partial charge in [-0.25, -0.2) is 8.42 Å². The van der Waals surface area contributed by atoms with Crippen LogP contribution in [0.15, 0.2) is 77.7 Å². The molecule has 0 radical (unpaired) electrons. The van der Waals surface area contributed by atoms with E-state index >= 15 is 0 Å². The third-order valence-electron chi connectivity index (χ3n) is 5.68. The summed E-state index contributed by atoms with van der Waals surface area (Å²) in [5.41, 5.74) is 2.88. The van der Waals surface area contributed by atoms with Crippen LogP contribution in [0.4, 0.5) is 0 Å². The van der Waals surface area contributed by atoms with Crippen molar-refractivity contribution in [3.8, 4) is 0 Å². The number of benzene rings is 2. The maximum absolute atomic E-state index is 13.1. The third kappa shape index (κ3) is 3.92. The molecule has 4 heteroatoms. The van der Waals surface area contributed by atoms with Gasteiger partial charge in [0.1, 0.15) is 0 Å². The molecule has 1 heterocycles. The van der Waals surface area contributed by atoms with Gasteiger partial charge in [-0.3, -0.25) is 0 Å². The van der Waals surface area contributed by atoms with E-state index in [4.69, 9.17) is 0 Å². The number of nitrogens with zero attached hydrogens (tertiary/aromatic N) is 1. The van der Waals surface area contributed by atoms with Gasteiger partial charge in [0.2, 0.25) is 10.0 Å². The predicted octanol–water partition coefficient (Wildman–Crippen LogP) is 4.91. The molecule has 1 aliphatic heterocycles.